The fourth-order valence-corrected chi connectivity index (χ4v) is 10.8. The zero-order chi connectivity index (χ0) is 49.0. The Kier molecular flexibility index (Phi) is 13.3. The highest BCUT2D eigenvalue weighted by atomic mass is 16.5. The molecule has 0 radical (unpaired) electrons. The fraction of sp³-hybridized carbons (Fsp3) is 0.219. The van der Waals surface area contributed by atoms with Gasteiger partial charge in [0.05, 0.1) is 45.0 Å². The fourth-order valence-electron chi connectivity index (χ4n) is 10.8. The summed E-state index contributed by atoms with van der Waals surface area (Å²) in [5, 5.41) is 14.5. The van der Waals surface area contributed by atoms with Crippen molar-refractivity contribution in [3.63, 3.8) is 0 Å². The molecule has 2 saturated carbocycles. The lowest BCUT2D eigenvalue weighted by molar-refractivity contribution is 0.0981. The van der Waals surface area contributed by atoms with Crippen molar-refractivity contribution < 1.29 is 19.1 Å². The van der Waals surface area contributed by atoms with Gasteiger partial charge in [-0.3, -0.25) is 9.59 Å². The quantitative estimate of drug-likeness (QED) is 0.0855. The molecule has 3 aliphatic rings. The zero-order valence-corrected chi connectivity index (χ0v) is 41.0. The second-order valence-electron chi connectivity index (χ2n) is 19.7. The van der Waals surface area contributed by atoms with Crippen LogP contribution in [0.3, 0.4) is 0 Å². The first-order chi connectivity index (χ1) is 35.3. The first-order valence-electron chi connectivity index (χ1n) is 25.7. The third-order valence-electron chi connectivity index (χ3n) is 14.6. The smallest absolute Gasteiger partial charge is 0.199 e. The number of ketones is 2. The maximum atomic E-state index is 16.4. The van der Waals surface area contributed by atoms with Crippen LogP contribution >= 0.6 is 0 Å². The van der Waals surface area contributed by atoms with Gasteiger partial charge in [0.2, 0.25) is 0 Å². The number of hydrogen-bond donors (Lipinski definition) is 4. The van der Waals surface area contributed by atoms with Gasteiger partial charge in [-0.2, -0.15) is 0 Å². The molecular formula is C64H60N4O4. The van der Waals surface area contributed by atoms with Gasteiger partial charge in [0.1, 0.15) is 11.5 Å². The number of para-hydroxylation sites is 2. The highest BCUT2D eigenvalue weighted by Gasteiger charge is 2.41. The summed E-state index contributed by atoms with van der Waals surface area (Å²) in [5.74, 6) is 2.24. The number of benzene rings is 8. The number of anilines is 8. The van der Waals surface area contributed by atoms with E-state index in [1.165, 1.54) is 75.3 Å². The van der Waals surface area contributed by atoms with E-state index in [0.29, 0.717) is 57.6 Å². The summed E-state index contributed by atoms with van der Waals surface area (Å²) in [6.07, 6.45) is 12.3. The lowest BCUT2D eigenvalue weighted by atomic mass is 9.79. The predicted molar refractivity (Wildman–Crippen MR) is 293 cm³/mol. The van der Waals surface area contributed by atoms with E-state index >= 15 is 9.59 Å². The Balaban J connectivity index is 1.13. The van der Waals surface area contributed by atoms with E-state index in [9.17, 15) is 0 Å². The Morgan fingerprint density at radius 3 is 1.07 bits per heavy atom. The van der Waals surface area contributed by atoms with Crippen LogP contribution in [0.25, 0.3) is 0 Å². The molecule has 0 bridgehead atoms. The Bertz CT molecular complexity index is 2990. The van der Waals surface area contributed by atoms with Crippen molar-refractivity contribution in [3.8, 4) is 23.0 Å². The van der Waals surface area contributed by atoms with Crippen molar-refractivity contribution in [1.82, 2.24) is 0 Å². The van der Waals surface area contributed by atoms with Crippen LogP contribution in [0.2, 0.25) is 0 Å². The normalized spacial score (nSPS) is 14.8. The molecule has 0 unspecified atom stereocenters. The number of carbonyl (C=O) groups is 2. The first-order valence-corrected chi connectivity index (χ1v) is 25.7. The standard InChI is InChI=1S/C64H60N4O4/c1-41-23-31-49(32-24-41)67-61-55(71-51-19-11-5-12-20-51)39-53(65-47-35-27-45(28-36-47)43-15-7-3-8-16-43)57-59(61)63(69)58-54(66-48-37-29-46(30-38-48)44-17-9-4-10-18-44)40-56(72-52-21-13-6-14-22-52)62(60(58)64(57)70)68-50-33-25-42(2)26-34-50/h5-6,11-14,19-40,43-44,65-68H,3-4,7-10,15-18H2,1-2H3. The van der Waals surface area contributed by atoms with Crippen LogP contribution < -0.4 is 30.7 Å². The van der Waals surface area contributed by atoms with Crippen molar-refractivity contribution in [2.24, 2.45) is 0 Å². The number of aryl methyl sites for hydroxylation is 2. The molecule has 8 aromatic rings. The summed E-state index contributed by atoms with van der Waals surface area (Å²) < 4.78 is 13.6. The lowest BCUT2D eigenvalue weighted by Crippen LogP contribution is -2.26. The number of rotatable bonds is 14. The summed E-state index contributed by atoms with van der Waals surface area (Å²) in [5.41, 5.74) is 10.3. The Labute approximate surface area is 422 Å². The number of nitrogens with one attached hydrogen (secondary N) is 4. The highest BCUT2D eigenvalue weighted by Crippen LogP contribution is 2.51. The number of fused-ring (bicyclic) bond motifs is 2. The molecule has 3 aliphatic carbocycles. The molecule has 360 valence electrons. The average molecular weight is 949 g/mol. The van der Waals surface area contributed by atoms with Crippen LogP contribution in [0.4, 0.5) is 45.5 Å². The summed E-state index contributed by atoms with van der Waals surface area (Å²) in [4.78, 5) is 32.7. The van der Waals surface area contributed by atoms with Gasteiger partial charge in [-0.15, -0.1) is 0 Å². The summed E-state index contributed by atoms with van der Waals surface area (Å²) in [7, 11) is 0. The van der Waals surface area contributed by atoms with E-state index in [2.05, 4.69) is 69.8 Å². The molecule has 4 N–H and O–H groups in total. The van der Waals surface area contributed by atoms with Crippen molar-refractivity contribution >= 4 is 57.1 Å². The van der Waals surface area contributed by atoms with Crippen LogP contribution in [-0.2, 0) is 0 Å². The van der Waals surface area contributed by atoms with Gasteiger partial charge in [0.25, 0.3) is 0 Å². The SMILES string of the molecule is Cc1ccc(Nc2c(Oc3ccccc3)cc(Nc3ccc(C4CCCCC4)cc3)c3c2C(=O)c2c(Nc4ccc(C5CCCCC5)cc4)cc(Oc4ccccc4)c(Nc4ccc(C)cc4)c2C3=O)cc1. The Morgan fingerprint density at radius 2 is 0.708 bits per heavy atom. The molecule has 0 atom stereocenters. The highest BCUT2D eigenvalue weighted by molar-refractivity contribution is 6.36. The molecule has 8 aromatic carbocycles. The minimum Gasteiger partial charge on any atom is -0.455 e. The van der Waals surface area contributed by atoms with E-state index in [4.69, 9.17) is 9.47 Å². The van der Waals surface area contributed by atoms with Gasteiger partial charge in [-0.1, -0.05) is 135 Å². The molecule has 0 saturated heterocycles. The van der Waals surface area contributed by atoms with Crippen molar-refractivity contribution in [2.75, 3.05) is 21.3 Å². The topological polar surface area (TPSA) is 101 Å². The largest absolute Gasteiger partial charge is 0.455 e. The van der Waals surface area contributed by atoms with Crippen LogP contribution in [0.5, 0.6) is 23.0 Å². The van der Waals surface area contributed by atoms with Gasteiger partial charge in [0, 0.05) is 34.9 Å². The van der Waals surface area contributed by atoms with E-state index in [0.717, 1.165) is 33.9 Å². The molecular weight excluding hydrogens is 889 g/mol. The molecule has 0 spiro atoms. The van der Waals surface area contributed by atoms with Crippen LogP contribution in [0.1, 0.15) is 130 Å². The monoisotopic (exact) mass is 948 g/mol. The predicted octanol–water partition coefficient (Wildman–Crippen LogP) is 17.7. The third-order valence-corrected chi connectivity index (χ3v) is 14.6. The van der Waals surface area contributed by atoms with Crippen molar-refractivity contribution in [2.45, 2.75) is 89.9 Å². The molecule has 0 aromatic heterocycles. The number of ether oxygens (including phenoxy) is 2. The summed E-state index contributed by atoms with van der Waals surface area (Å²) >= 11 is 0. The second-order valence-corrected chi connectivity index (χ2v) is 19.7. The summed E-state index contributed by atoms with van der Waals surface area (Å²) in [6, 6.07) is 55.8. The van der Waals surface area contributed by atoms with Gasteiger partial charge >= 0.3 is 0 Å². The molecule has 2 fully saturated rings. The van der Waals surface area contributed by atoms with Crippen LogP contribution in [-0.4, -0.2) is 11.6 Å². The molecule has 0 aliphatic heterocycles. The minimum atomic E-state index is -0.358. The minimum absolute atomic E-state index is 0.191. The first kappa shape index (κ1) is 46.3. The van der Waals surface area contributed by atoms with Crippen molar-refractivity contribution in [3.05, 3.63) is 214 Å². The Hall–Kier alpha value is -8.10. The third kappa shape index (κ3) is 9.95. The maximum Gasteiger partial charge on any atom is 0.199 e. The van der Waals surface area contributed by atoms with Gasteiger partial charge in [-0.05, 0) is 135 Å². The van der Waals surface area contributed by atoms with Gasteiger partial charge in [0.15, 0.2) is 23.1 Å². The average Bonchev–Trinajstić information content (AvgIpc) is 3.42. The molecule has 8 nitrogen and oxygen atoms in total. The molecule has 0 amide bonds. The molecule has 11 rings (SSSR count). The number of carbonyl (C=O) groups excluding carboxylic acids is 2. The van der Waals surface area contributed by atoms with E-state index in [-0.39, 0.29) is 33.8 Å². The van der Waals surface area contributed by atoms with Gasteiger partial charge < -0.3 is 30.7 Å². The summed E-state index contributed by atoms with van der Waals surface area (Å²) in [6.45, 7) is 4.07. The zero-order valence-electron chi connectivity index (χ0n) is 41.0. The second kappa shape index (κ2) is 20.7. The lowest BCUT2D eigenvalue weighted by Gasteiger charge is -2.30. The van der Waals surface area contributed by atoms with Crippen molar-refractivity contribution in [1.29, 1.82) is 0 Å². The van der Waals surface area contributed by atoms with E-state index in [1.807, 2.05) is 135 Å². The van der Waals surface area contributed by atoms with E-state index in [1.54, 1.807) is 0 Å². The van der Waals surface area contributed by atoms with E-state index < -0.39 is 0 Å². The molecule has 72 heavy (non-hydrogen) atoms. The van der Waals surface area contributed by atoms with Crippen LogP contribution in [0, 0.1) is 13.8 Å². The maximum absolute atomic E-state index is 16.4. The number of hydrogen-bond acceptors (Lipinski definition) is 8. The molecule has 0 heterocycles. The van der Waals surface area contributed by atoms with Gasteiger partial charge in [-0.25, -0.2) is 0 Å². The van der Waals surface area contributed by atoms with Crippen LogP contribution in [0.15, 0.2) is 170 Å². The Morgan fingerprint density at radius 1 is 0.375 bits per heavy atom. The molecule has 8 heteroatoms.